The van der Waals surface area contributed by atoms with E-state index in [0.717, 1.165) is 28.9 Å². The van der Waals surface area contributed by atoms with E-state index in [-0.39, 0.29) is 29.2 Å². The number of nitrogens with one attached hydrogen (secondary N) is 1. The molecule has 9 nitrogen and oxygen atoms in total. The molecule has 0 atom stereocenters. The van der Waals surface area contributed by atoms with Crippen molar-refractivity contribution in [3.05, 3.63) is 62.6 Å². The first kappa shape index (κ1) is 16.8. The van der Waals surface area contributed by atoms with E-state index in [4.69, 9.17) is 0 Å². The van der Waals surface area contributed by atoms with Gasteiger partial charge in [-0.05, 0) is 25.1 Å². The number of rotatable bonds is 6. The second-order valence-corrected chi connectivity index (χ2v) is 6.45. The molecule has 0 amide bonds. The van der Waals surface area contributed by atoms with Gasteiger partial charge in [0.05, 0.1) is 22.1 Å². The summed E-state index contributed by atoms with van der Waals surface area (Å²) in [6.07, 6.45) is 0. The summed E-state index contributed by atoms with van der Waals surface area (Å²) in [6, 6.07) is 7.45. The first-order valence-electron chi connectivity index (χ1n) is 6.58. The lowest BCUT2D eigenvalue weighted by molar-refractivity contribution is -0.384. The standard InChI is InChI=1S/C13H14N4O5S/c1-10-2-7-13(18)16(15-10)9-8-14-23(21,22)12-5-3-11(4-6-12)17(19)20/h2-7,14H,8-9H2,1H3. The van der Waals surface area contributed by atoms with Crippen molar-refractivity contribution < 1.29 is 13.3 Å². The van der Waals surface area contributed by atoms with Crippen molar-refractivity contribution in [1.82, 2.24) is 14.5 Å². The fourth-order valence-corrected chi connectivity index (χ4v) is 2.85. The highest BCUT2D eigenvalue weighted by Gasteiger charge is 2.15. The van der Waals surface area contributed by atoms with Crippen LogP contribution in [0, 0.1) is 17.0 Å². The summed E-state index contributed by atoms with van der Waals surface area (Å²) in [6.45, 7) is 1.76. The van der Waals surface area contributed by atoms with Crippen LogP contribution in [0.4, 0.5) is 5.69 Å². The minimum absolute atomic E-state index is 0.0321. The third kappa shape index (κ3) is 4.20. The minimum atomic E-state index is -3.81. The van der Waals surface area contributed by atoms with E-state index in [1.165, 1.54) is 6.07 Å². The number of sulfonamides is 1. The molecule has 0 saturated heterocycles. The lowest BCUT2D eigenvalue weighted by Crippen LogP contribution is -2.32. The van der Waals surface area contributed by atoms with Gasteiger partial charge in [-0.15, -0.1) is 0 Å². The summed E-state index contributed by atoms with van der Waals surface area (Å²) in [5, 5.41) is 14.5. The number of aromatic nitrogens is 2. The molecule has 1 aromatic carbocycles. The highest BCUT2D eigenvalue weighted by atomic mass is 32.2. The lowest BCUT2D eigenvalue weighted by atomic mass is 10.3. The van der Waals surface area contributed by atoms with Crippen LogP contribution in [0.2, 0.25) is 0 Å². The molecule has 10 heteroatoms. The summed E-state index contributed by atoms with van der Waals surface area (Å²) in [5.74, 6) is 0. The molecule has 0 bridgehead atoms. The first-order chi connectivity index (χ1) is 10.8. The van der Waals surface area contributed by atoms with Crippen molar-refractivity contribution in [3.8, 4) is 0 Å². The number of non-ortho nitro benzene ring substituents is 1. The Morgan fingerprint density at radius 3 is 2.48 bits per heavy atom. The molecule has 0 aliphatic rings. The Balaban J connectivity index is 2.05. The molecule has 1 aromatic heterocycles. The monoisotopic (exact) mass is 338 g/mol. The molecule has 0 saturated carbocycles. The SMILES string of the molecule is Cc1ccc(=O)n(CCNS(=O)(=O)c2ccc([N+](=O)[O-])cc2)n1. The number of benzene rings is 1. The van der Waals surface area contributed by atoms with Crippen molar-refractivity contribution in [2.75, 3.05) is 6.54 Å². The smallest absolute Gasteiger partial charge is 0.268 e. The predicted molar refractivity (Wildman–Crippen MR) is 81.5 cm³/mol. The number of hydrogen-bond donors (Lipinski definition) is 1. The van der Waals surface area contributed by atoms with Crippen LogP contribution in [0.15, 0.2) is 46.1 Å². The second-order valence-electron chi connectivity index (χ2n) is 4.68. The van der Waals surface area contributed by atoms with E-state index >= 15 is 0 Å². The van der Waals surface area contributed by atoms with Crippen molar-refractivity contribution in [2.45, 2.75) is 18.4 Å². The normalized spacial score (nSPS) is 11.3. The molecule has 0 fully saturated rings. The Bertz CT molecular complexity index is 874. The van der Waals surface area contributed by atoms with E-state index in [9.17, 15) is 23.3 Å². The van der Waals surface area contributed by atoms with E-state index in [0.29, 0.717) is 5.69 Å². The van der Waals surface area contributed by atoms with Crippen LogP contribution >= 0.6 is 0 Å². The average molecular weight is 338 g/mol. The maximum absolute atomic E-state index is 12.1. The molecular formula is C13H14N4O5S. The summed E-state index contributed by atoms with van der Waals surface area (Å²) < 4.78 is 27.6. The highest BCUT2D eigenvalue weighted by Crippen LogP contribution is 2.15. The van der Waals surface area contributed by atoms with Crippen LogP contribution in [0.1, 0.15) is 5.69 Å². The van der Waals surface area contributed by atoms with Gasteiger partial charge in [-0.1, -0.05) is 0 Å². The first-order valence-corrected chi connectivity index (χ1v) is 8.07. The third-order valence-electron chi connectivity index (χ3n) is 2.97. The van der Waals surface area contributed by atoms with E-state index < -0.39 is 14.9 Å². The maximum atomic E-state index is 12.1. The summed E-state index contributed by atoms with van der Waals surface area (Å²) in [7, 11) is -3.81. The molecule has 2 aromatic rings. The number of hydrogen-bond acceptors (Lipinski definition) is 6. The van der Waals surface area contributed by atoms with Gasteiger partial charge in [-0.2, -0.15) is 5.10 Å². The third-order valence-corrected chi connectivity index (χ3v) is 4.45. The molecule has 1 N–H and O–H groups in total. The van der Waals surface area contributed by atoms with Crippen molar-refractivity contribution >= 4 is 15.7 Å². The van der Waals surface area contributed by atoms with Crippen LogP contribution < -0.4 is 10.3 Å². The predicted octanol–water partition coefficient (Wildman–Crippen LogP) is 0.438. The van der Waals surface area contributed by atoms with Crippen molar-refractivity contribution in [2.24, 2.45) is 0 Å². The van der Waals surface area contributed by atoms with Gasteiger partial charge < -0.3 is 0 Å². The topological polar surface area (TPSA) is 124 Å². The van der Waals surface area contributed by atoms with Crippen LogP contribution in [-0.4, -0.2) is 29.7 Å². The van der Waals surface area contributed by atoms with Gasteiger partial charge in [-0.25, -0.2) is 17.8 Å². The molecule has 0 aliphatic carbocycles. The quantitative estimate of drug-likeness (QED) is 0.602. The second kappa shape index (κ2) is 6.67. The number of nitrogens with zero attached hydrogens (tertiary/aromatic N) is 3. The Kier molecular flexibility index (Phi) is 4.86. The number of nitro benzene ring substituents is 1. The fraction of sp³-hybridized carbons (Fsp3) is 0.231. The Labute approximate surface area is 131 Å². The van der Waals surface area contributed by atoms with Gasteiger partial charge in [0.2, 0.25) is 10.0 Å². The maximum Gasteiger partial charge on any atom is 0.269 e. The molecule has 0 aliphatic heterocycles. The molecule has 122 valence electrons. The number of aryl methyl sites for hydroxylation is 1. The average Bonchev–Trinajstić information content (AvgIpc) is 2.50. The zero-order valence-electron chi connectivity index (χ0n) is 12.2. The number of nitro groups is 1. The summed E-state index contributed by atoms with van der Waals surface area (Å²) >= 11 is 0. The highest BCUT2D eigenvalue weighted by molar-refractivity contribution is 7.89. The van der Waals surface area contributed by atoms with Crippen LogP contribution in [0.3, 0.4) is 0 Å². The van der Waals surface area contributed by atoms with Crippen LogP contribution in [0.25, 0.3) is 0 Å². The Morgan fingerprint density at radius 2 is 1.87 bits per heavy atom. The summed E-state index contributed by atoms with van der Waals surface area (Å²) in [4.78, 5) is 21.4. The van der Waals surface area contributed by atoms with Gasteiger partial charge >= 0.3 is 0 Å². The molecule has 1 heterocycles. The van der Waals surface area contributed by atoms with Gasteiger partial charge in [0, 0.05) is 24.7 Å². The molecule has 0 unspecified atom stereocenters. The van der Waals surface area contributed by atoms with Gasteiger partial charge in [0.1, 0.15) is 0 Å². The van der Waals surface area contributed by atoms with Crippen molar-refractivity contribution in [3.63, 3.8) is 0 Å². The fourth-order valence-electron chi connectivity index (χ4n) is 1.83. The molecule has 2 rings (SSSR count). The zero-order valence-corrected chi connectivity index (χ0v) is 13.0. The van der Waals surface area contributed by atoms with E-state index in [1.54, 1.807) is 13.0 Å². The van der Waals surface area contributed by atoms with E-state index in [1.807, 2.05) is 0 Å². The molecule has 0 radical (unpaired) electrons. The van der Waals surface area contributed by atoms with Gasteiger partial charge in [0.15, 0.2) is 0 Å². The Hall–Kier alpha value is -2.59. The summed E-state index contributed by atoms with van der Waals surface area (Å²) in [5.41, 5.74) is 0.118. The minimum Gasteiger partial charge on any atom is -0.268 e. The zero-order chi connectivity index (χ0) is 17.0. The van der Waals surface area contributed by atoms with Crippen molar-refractivity contribution in [1.29, 1.82) is 0 Å². The largest absolute Gasteiger partial charge is 0.269 e. The van der Waals surface area contributed by atoms with Crippen LogP contribution in [0.5, 0.6) is 0 Å². The van der Waals surface area contributed by atoms with E-state index in [2.05, 4.69) is 9.82 Å². The molecule has 23 heavy (non-hydrogen) atoms. The van der Waals surface area contributed by atoms with Gasteiger partial charge in [-0.3, -0.25) is 14.9 Å². The molecular weight excluding hydrogens is 324 g/mol. The van der Waals surface area contributed by atoms with Crippen LogP contribution in [-0.2, 0) is 16.6 Å². The van der Waals surface area contributed by atoms with Gasteiger partial charge in [0.25, 0.3) is 11.2 Å². The lowest BCUT2D eigenvalue weighted by Gasteiger charge is -2.08. The Morgan fingerprint density at radius 1 is 1.22 bits per heavy atom. The molecule has 0 spiro atoms.